The van der Waals surface area contributed by atoms with E-state index in [4.69, 9.17) is 0 Å². The number of aliphatic hydroxyl groups excluding tert-OH is 3. The molecule has 4 N–H and O–H groups in total. The largest absolute Gasteiger partial charge is 0.394 e. The third-order valence-corrected chi connectivity index (χ3v) is 7.30. The number of carbonyl (C=O) groups excluding carboxylic acids is 1. The highest BCUT2D eigenvalue weighted by atomic mass is 16.3. The average Bonchev–Trinajstić information content (AvgIpc) is 2.96. The monoisotopic (exact) mass is 575 g/mol. The molecule has 0 saturated carbocycles. The molecular formula is C36H65NO4. The summed E-state index contributed by atoms with van der Waals surface area (Å²) in [5, 5.41) is 32.9. The molecule has 3 atom stereocenters. The second-order valence-corrected chi connectivity index (χ2v) is 11.4. The van der Waals surface area contributed by atoms with E-state index in [1.807, 2.05) is 6.08 Å². The first-order chi connectivity index (χ1) is 20.0. The maximum Gasteiger partial charge on any atom is 0.222 e. The molecule has 5 heteroatoms. The molecule has 3 unspecified atom stereocenters. The average molecular weight is 576 g/mol. The van der Waals surface area contributed by atoms with Gasteiger partial charge < -0.3 is 20.6 Å². The Morgan fingerprint density at radius 3 is 1.66 bits per heavy atom. The van der Waals surface area contributed by atoms with Gasteiger partial charge in [0.25, 0.3) is 0 Å². The zero-order valence-electron chi connectivity index (χ0n) is 26.7. The third kappa shape index (κ3) is 28.2. The molecule has 0 bridgehead atoms. The number of rotatable bonds is 29. The van der Waals surface area contributed by atoms with E-state index >= 15 is 0 Å². The SMILES string of the molecule is CCC/C=C/CC/C=C/CC/C=C/C(O)C(CO)NC(=O)CC(O)CCCCCCC/C=C\CCCCCCCC. The quantitative estimate of drug-likeness (QED) is 0.0531. The first-order valence-electron chi connectivity index (χ1n) is 16.9. The van der Waals surface area contributed by atoms with Crippen molar-refractivity contribution >= 4 is 5.91 Å². The summed E-state index contributed by atoms with van der Waals surface area (Å²) in [7, 11) is 0. The predicted octanol–water partition coefficient (Wildman–Crippen LogP) is 8.64. The molecule has 0 spiro atoms. The molecule has 0 aromatic carbocycles. The van der Waals surface area contributed by atoms with Gasteiger partial charge in [0.05, 0.1) is 31.3 Å². The fourth-order valence-corrected chi connectivity index (χ4v) is 4.66. The summed E-state index contributed by atoms with van der Waals surface area (Å²) < 4.78 is 0. The van der Waals surface area contributed by atoms with Crippen LogP contribution in [0.1, 0.15) is 149 Å². The normalized spacial score (nSPS) is 14.6. The third-order valence-electron chi connectivity index (χ3n) is 7.30. The van der Waals surface area contributed by atoms with E-state index in [1.165, 1.54) is 64.2 Å². The minimum Gasteiger partial charge on any atom is -0.394 e. The molecular weight excluding hydrogens is 510 g/mol. The van der Waals surface area contributed by atoms with Crippen molar-refractivity contribution < 1.29 is 20.1 Å². The van der Waals surface area contributed by atoms with Crippen molar-refractivity contribution in [2.24, 2.45) is 0 Å². The Hall–Kier alpha value is -1.69. The van der Waals surface area contributed by atoms with Gasteiger partial charge in [-0.05, 0) is 64.2 Å². The van der Waals surface area contributed by atoms with Gasteiger partial charge in [-0.1, -0.05) is 127 Å². The molecule has 0 aliphatic heterocycles. The number of nitrogens with one attached hydrogen (secondary N) is 1. The minimum atomic E-state index is -0.959. The Morgan fingerprint density at radius 2 is 1.10 bits per heavy atom. The molecule has 0 rings (SSSR count). The predicted molar refractivity (Wildman–Crippen MR) is 176 cm³/mol. The highest BCUT2D eigenvalue weighted by Crippen LogP contribution is 2.12. The Bertz CT molecular complexity index is 685. The Labute approximate surface area is 253 Å². The van der Waals surface area contributed by atoms with Crippen LogP contribution in [0, 0.1) is 0 Å². The van der Waals surface area contributed by atoms with Crippen LogP contribution in [0.25, 0.3) is 0 Å². The highest BCUT2D eigenvalue weighted by molar-refractivity contribution is 5.76. The first-order valence-corrected chi connectivity index (χ1v) is 16.9. The standard InChI is InChI=1S/C36H65NO4/c1-3-5-7-9-11-13-15-16-17-18-20-21-23-25-27-29-33(39)31-36(41)37-34(32-38)35(40)30-28-26-24-22-19-14-12-10-8-6-4-2/h8,10,16-17,19,22,28,30,33-35,38-40H,3-7,9,11-15,18,20-21,23-27,29,31-32H2,1-2H3,(H,37,41)/b10-8+,17-16-,22-19+,30-28+. The maximum atomic E-state index is 12.3. The molecule has 5 nitrogen and oxygen atoms in total. The zero-order valence-corrected chi connectivity index (χ0v) is 26.7. The van der Waals surface area contributed by atoms with Crippen LogP contribution in [0.15, 0.2) is 48.6 Å². The molecule has 0 radical (unpaired) electrons. The van der Waals surface area contributed by atoms with Gasteiger partial charge >= 0.3 is 0 Å². The smallest absolute Gasteiger partial charge is 0.222 e. The molecule has 0 fully saturated rings. The molecule has 238 valence electrons. The number of hydrogen-bond acceptors (Lipinski definition) is 4. The van der Waals surface area contributed by atoms with Gasteiger partial charge in [-0.25, -0.2) is 0 Å². The summed E-state index contributed by atoms with van der Waals surface area (Å²) >= 11 is 0. The van der Waals surface area contributed by atoms with Crippen molar-refractivity contribution in [3.05, 3.63) is 48.6 Å². The van der Waals surface area contributed by atoms with Crippen molar-refractivity contribution in [1.82, 2.24) is 5.32 Å². The van der Waals surface area contributed by atoms with E-state index in [0.29, 0.717) is 6.42 Å². The van der Waals surface area contributed by atoms with Gasteiger partial charge in [-0.2, -0.15) is 0 Å². The van der Waals surface area contributed by atoms with Crippen LogP contribution in [0.4, 0.5) is 0 Å². The number of aliphatic hydroxyl groups is 3. The molecule has 0 aromatic rings. The van der Waals surface area contributed by atoms with Crippen LogP contribution < -0.4 is 5.32 Å². The molecule has 0 aromatic heterocycles. The van der Waals surface area contributed by atoms with Crippen LogP contribution >= 0.6 is 0 Å². The number of unbranched alkanes of at least 4 members (excludes halogenated alkanes) is 14. The van der Waals surface area contributed by atoms with Crippen molar-refractivity contribution in [2.45, 2.75) is 167 Å². The highest BCUT2D eigenvalue weighted by Gasteiger charge is 2.20. The van der Waals surface area contributed by atoms with Gasteiger partial charge in [0, 0.05) is 0 Å². The van der Waals surface area contributed by atoms with Crippen molar-refractivity contribution in [2.75, 3.05) is 6.61 Å². The summed E-state index contributed by atoms with van der Waals surface area (Å²) in [5.41, 5.74) is 0. The van der Waals surface area contributed by atoms with Gasteiger partial charge in [-0.15, -0.1) is 0 Å². The Balaban J connectivity index is 3.84. The lowest BCUT2D eigenvalue weighted by atomic mass is 10.0. The van der Waals surface area contributed by atoms with E-state index in [2.05, 4.69) is 55.6 Å². The number of carbonyl (C=O) groups is 1. The van der Waals surface area contributed by atoms with Gasteiger partial charge in [0.2, 0.25) is 5.91 Å². The minimum absolute atomic E-state index is 0.00520. The zero-order chi connectivity index (χ0) is 30.2. The summed E-state index contributed by atoms with van der Waals surface area (Å²) in [6, 6.07) is -0.767. The van der Waals surface area contributed by atoms with Gasteiger partial charge in [0.1, 0.15) is 0 Å². The molecule has 1 amide bonds. The Kier molecular flexibility index (Phi) is 30.0. The summed E-state index contributed by atoms with van der Waals surface area (Å²) in [5.74, 6) is -0.340. The van der Waals surface area contributed by atoms with Crippen molar-refractivity contribution in [1.29, 1.82) is 0 Å². The van der Waals surface area contributed by atoms with Crippen LogP contribution in [0.2, 0.25) is 0 Å². The summed E-state index contributed by atoms with van der Waals surface area (Å²) in [4.78, 5) is 12.3. The fourth-order valence-electron chi connectivity index (χ4n) is 4.66. The Morgan fingerprint density at radius 1 is 0.610 bits per heavy atom. The van der Waals surface area contributed by atoms with Gasteiger partial charge in [0.15, 0.2) is 0 Å². The first kappa shape index (κ1) is 39.3. The van der Waals surface area contributed by atoms with Crippen LogP contribution in [-0.4, -0.2) is 46.1 Å². The van der Waals surface area contributed by atoms with E-state index in [9.17, 15) is 20.1 Å². The van der Waals surface area contributed by atoms with Crippen molar-refractivity contribution in [3.63, 3.8) is 0 Å². The number of amides is 1. The van der Waals surface area contributed by atoms with Crippen LogP contribution in [0.3, 0.4) is 0 Å². The molecule has 0 saturated heterocycles. The summed E-state index contributed by atoms with van der Waals surface area (Å²) in [6.07, 6.45) is 38.0. The van der Waals surface area contributed by atoms with Gasteiger partial charge in [-0.3, -0.25) is 4.79 Å². The lowest BCUT2D eigenvalue weighted by molar-refractivity contribution is -0.124. The number of allylic oxidation sites excluding steroid dienone is 7. The topological polar surface area (TPSA) is 89.8 Å². The summed E-state index contributed by atoms with van der Waals surface area (Å²) in [6.45, 7) is 4.08. The molecule has 0 aliphatic carbocycles. The van der Waals surface area contributed by atoms with E-state index in [-0.39, 0.29) is 18.9 Å². The van der Waals surface area contributed by atoms with E-state index in [1.54, 1.807) is 6.08 Å². The molecule has 41 heavy (non-hydrogen) atoms. The van der Waals surface area contributed by atoms with Crippen LogP contribution in [0.5, 0.6) is 0 Å². The molecule has 0 heterocycles. The lowest BCUT2D eigenvalue weighted by Gasteiger charge is -2.20. The van der Waals surface area contributed by atoms with Crippen LogP contribution in [-0.2, 0) is 4.79 Å². The maximum absolute atomic E-state index is 12.3. The lowest BCUT2D eigenvalue weighted by Crippen LogP contribution is -2.45. The van der Waals surface area contributed by atoms with E-state index < -0.39 is 18.2 Å². The fraction of sp³-hybridized carbons (Fsp3) is 0.750. The second-order valence-electron chi connectivity index (χ2n) is 11.4. The van der Waals surface area contributed by atoms with Crippen molar-refractivity contribution in [3.8, 4) is 0 Å². The number of hydrogen-bond donors (Lipinski definition) is 4. The van der Waals surface area contributed by atoms with E-state index in [0.717, 1.165) is 57.8 Å². The second kappa shape index (κ2) is 31.3. The molecule has 0 aliphatic rings.